The molecule has 1 aromatic rings. The van der Waals surface area contributed by atoms with E-state index < -0.39 is 0 Å². The van der Waals surface area contributed by atoms with Crippen LogP contribution in [0.3, 0.4) is 0 Å². The molecule has 18 heavy (non-hydrogen) atoms. The van der Waals surface area contributed by atoms with Crippen LogP contribution in [0.15, 0.2) is 18.2 Å². The third-order valence-corrected chi connectivity index (χ3v) is 3.27. The van der Waals surface area contributed by atoms with Gasteiger partial charge in [0.25, 0.3) is 5.91 Å². The number of phenolic OH excluding ortho intramolecular Hbond substituents is 1. The monoisotopic (exact) mass is 248 g/mol. The van der Waals surface area contributed by atoms with Crippen molar-refractivity contribution in [3.05, 3.63) is 23.8 Å². The first kappa shape index (κ1) is 12.7. The molecule has 0 heterocycles. The first-order valence-electron chi connectivity index (χ1n) is 6.53. The van der Waals surface area contributed by atoms with E-state index in [2.05, 4.69) is 6.92 Å². The lowest BCUT2D eigenvalue weighted by atomic mass is 10.1. The maximum absolute atomic E-state index is 12.4. The zero-order valence-electron chi connectivity index (χ0n) is 10.7. The van der Waals surface area contributed by atoms with Crippen molar-refractivity contribution in [2.75, 3.05) is 12.3 Å². The van der Waals surface area contributed by atoms with E-state index in [1.165, 1.54) is 12.1 Å². The molecule has 98 valence electrons. The first-order chi connectivity index (χ1) is 8.63. The third-order valence-electron chi connectivity index (χ3n) is 3.27. The van der Waals surface area contributed by atoms with Gasteiger partial charge in [-0.3, -0.25) is 4.79 Å². The van der Waals surface area contributed by atoms with Crippen LogP contribution < -0.4 is 5.73 Å². The van der Waals surface area contributed by atoms with Crippen molar-refractivity contribution in [2.45, 2.75) is 38.6 Å². The summed E-state index contributed by atoms with van der Waals surface area (Å²) >= 11 is 0. The fraction of sp³-hybridized carbons (Fsp3) is 0.500. The Bertz CT molecular complexity index is 441. The molecule has 1 aliphatic carbocycles. The van der Waals surface area contributed by atoms with E-state index in [4.69, 9.17) is 5.73 Å². The number of amides is 1. The number of hydrogen-bond acceptors (Lipinski definition) is 3. The van der Waals surface area contributed by atoms with Gasteiger partial charge in [0, 0.05) is 18.3 Å². The van der Waals surface area contributed by atoms with Crippen molar-refractivity contribution in [1.82, 2.24) is 4.90 Å². The number of phenols is 1. The molecule has 1 aromatic carbocycles. The molecule has 3 N–H and O–H groups in total. The van der Waals surface area contributed by atoms with Crippen LogP contribution in [0.2, 0.25) is 0 Å². The Kier molecular flexibility index (Phi) is 3.75. The van der Waals surface area contributed by atoms with Gasteiger partial charge in [0.2, 0.25) is 0 Å². The minimum Gasteiger partial charge on any atom is -0.508 e. The van der Waals surface area contributed by atoms with Crippen LogP contribution in [0.5, 0.6) is 5.75 Å². The minimum atomic E-state index is -0.0562. The van der Waals surface area contributed by atoms with Crippen molar-refractivity contribution in [3.8, 4) is 5.75 Å². The van der Waals surface area contributed by atoms with Gasteiger partial charge in [-0.2, -0.15) is 0 Å². The number of benzene rings is 1. The third kappa shape index (κ3) is 2.75. The quantitative estimate of drug-likeness (QED) is 0.621. The largest absolute Gasteiger partial charge is 0.508 e. The number of rotatable bonds is 5. The molecule has 0 bridgehead atoms. The Balaban J connectivity index is 2.19. The van der Waals surface area contributed by atoms with Gasteiger partial charge in [-0.1, -0.05) is 13.3 Å². The standard InChI is InChI=1S/C14H20N2O2/c1-2-3-8-16(10-4-5-10)14(18)12-9-11(17)6-7-13(12)15/h6-7,9-10,17H,2-5,8,15H2,1H3. The second kappa shape index (κ2) is 5.29. The average Bonchev–Trinajstić information content (AvgIpc) is 3.17. The number of hydrogen-bond donors (Lipinski definition) is 2. The summed E-state index contributed by atoms with van der Waals surface area (Å²) in [7, 11) is 0. The summed E-state index contributed by atoms with van der Waals surface area (Å²) in [6, 6.07) is 4.90. The number of unbranched alkanes of at least 4 members (excludes halogenated alkanes) is 1. The Morgan fingerprint density at radius 3 is 2.83 bits per heavy atom. The predicted molar refractivity (Wildman–Crippen MR) is 71.5 cm³/mol. The molecule has 0 spiro atoms. The molecule has 4 nitrogen and oxygen atoms in total. The van der Waals surface area contributed by atoms with Gasteiger partial charge in [0.15, 0.2) is 0 Å². The summed E-state index contributed by atoms with van der Waals surface area (Å²) in [4.78, 5) is 14.3. The number of nitrogens with zero attached hydrogens (tertiary/aromatic N) is 1. The van der Waals surface area contributed by atoms with E-state index in [1.807, 2.05) is 4.90 Å². The molecule has 0 unspecified atom stereocenters. The molecule has 1 fully saturated rings. The van der Waals surface area contributed by atoms with Crippen LogP contribution >= 0.6 is 0 Å². The van der Waals surface area contributed by atoms with E-state index in [0.717, 1.165) is 32.2 Å². The highest BCUT2D eigenvalue weighted by Crippen LogP contribution is 2.30. The number of carbonyl (C=O) groups is 1. The Morgan fingerprint density at radius 2 is 2.22 bits per heavy atom. The van der Waals surface area contributed by atoms with E-state index in [-0.39, 0.29) is 11.7 Å². The smallest absolute Gasteiger partial charge is 0.256 e. The number of anilines is 1. The highest BCUT2D eigenvalue weighted by molar-refractivity contribution is 5.99. The number of nitrogens with two attached hydrogens (primary N) is 1. The maximum Gasteiger partial charge on any atom is 0.256 e. The van der Waals surface area contributed by atoms with Crippen molar-refractivity contribution in [2.24, 2.45) is 0 Å². The van der Waals surface area contributed by atoms with E-state index >= 15 is 0 Å². The Hall–Kier alpha value is -1.71. The molecule has 4 heteroatoms. The van der Waals surface area contributed by atoms with Crippen LogP contribution in [0.4, 0.5) is 5.69 Å². The van der Waals surface area contributed by atoms with Crippen molar-refractivity contribution in [3.63, 3.8) is 0 Å². The van der Waals surface area contributed by atoms with Crippen molar-refractivity contribution >= 4 is 11.6 Å². The van der Waals surface area contributed by atoms with Crippen LogP contribution in [0.1, 0.15) is 43.0 Å². The summed E-state index contributed by atoms with van der Waals surface area (Å²) in [5, 5.41) is 9.47. The van der Waals surface area contributed by atoms with Crippen molar-refractivity contribution in [1.29, 1.82) is 0 Å². The molecule has 1 aliphatic rings. The number of carbonyl (C=O) groups excluding carboxylic acids is 1. The van der Waals surface area contributed by atoms with Gasteiger partial charge < -0.3 is 15.7 Å². The molecule has 2 rings (SSSR count). The second-order valence-electron chi connectivity index (χ2n) is 4.85. The van der Waals surface area contributed by atoms with E-state index in [9.17, 15) is 9.90 Å². The van der Waals surface area contributed by atoms with Gasteiger partial charge >= 0.3 is 0 Å². The highest BCUT2D eigenvalue weighted by Gasteiger charge is 2.33. The lowest BCUT2D eigenvalue weighted by Crippen LogP contribution is -2.34. The molecule has 0 aliphatic heterocycles. The van der Waals surface area contributed by atoms with Gasteiger partial charge in [-0.25, -0.2) is 0 Å². The molecular weight excluding hydrogens is 228 g/mol. The summed E-state index contributed by atoms with van der Waals surface area (Å²) in [5.41, 5.74) is 6.66. The summed E-state index contributed by atoms with van der Waals surface area (Å²) in [5.74, 6) is 0.0261. The predicted octanol–water partition coefficient (Wildman–Crippen LogP) is 2.38. The number of aromatic hydroxyl groups is 1. The summed E-state index contributed by atoms with van der Waals surface area (Å²) in [6.07, 6.45) is 4.22. The van der Waals surface area contributed by atoms with Gasteiger partial charge in [-0.15, -0.1) is 0 Å². The molecule has 0 atom stereocenters. The normalized spacial score (nSPS) is 14.5. The molecule has 0 radical (unpaired) electrons. The van der Waals surface area contributed by atoms with Crippen LogP contribution in [-0.2, 0) is 0 Å². The maximum atomic E-state index is 12.4. The fourth-order valence-corrected chi connectivity index (χ4v) is 2.05. The molecule has 0 saturated heterocycles. The fourth-order valence-electron chi connectivity index (χ4n) is 2.05. The Labute approximate surface area is 107 Å². The molecule has 0 aromatic heterocycles. The minimum absolute atomic E-state index is 0.0562. The summed E-state index contributed by atoms with van der Waals surface area (Å²) in [6.45, 7) is 2.88. The van der Waals surface area contributed by atoms with Gasteiger partial charge in [-0.05, 0) is 37.5 Å². The summed E-state index contributed by atoms with van der Waals surface area (Å²) < 4.78 is 0. The SMILES string of the molecule is CCCCN(C(=O)c1cc(O)ccc1N)C1CC1. The molecule has 1 amide bonds. The number of nitrogen functional groups attached to an aromatic ring is 1. The first-order valence-corrected chi connectivity index (χ1v) is 6.53. The van der Waals surface area contributed by atoms with Crippen LogP contribution in [0, 0.1) is 0 Å². The molecular formula is C14H20N2O2. The zero-order chi connectivity index (χ0) is 13.1. The van der Waals surface area contributed by atoms with E-state index in [0.29, 0.717) is 17.3 Å². The van der Waals surface area contributed by atoms with Crippen LogP contribution in [0.25, 0.3) is 0 Å². The Morgan fingerprint density at radius 1 is 1.50 bits per heavy atom. The molecule has 1 saturated carbocycles. The van der Waals surface area contributed by atoms with Crippen molar-refractivity contribution < 1.29 is 9.90 Å². The average molecular weight is 248 g/mol. The topological polar surface area (TPSA) is 66.6 Å². The van der Waals surface area contributed by atoms with Gasteiger partial charge in [0.05, 0.1) is 5.56 Å². The zero-order valence-corrected chi connectivity index (χ0v) is 10.7. The lowest BCUT2D eigenvalue weighted by molar-refractivity contribution is 0.0741. The highest BCUT2D eigenvalue weighted by atomic mass is 16.3. The van der Waals surface area contributed by atoms with Crippen LogP contribution in [-0.4, -0.2) is 28.5 Å². The second-order valence-corrected chi connectivity index (χ2v) is 4.85. The van der Waals surface area contributed by atoms with Gasteiger partial charge in [0.1, 0.15) is 5.75 Å². The van der Waals surface area contributed by atoms with E-state index in [1.54, 1.807) is 6.07 Å². The lowest BCUT2D eigenvalue weighted by Gasteiger charge is -2.23.